The molecule has 0 saturated carbocycles. The smallest absolute Gasteiger partial charge is 0.119 e. The van der Waals surface area contributed by atoms with Gasteiger partial charge in [0, 0.05) is 6.54 Å². The lowest BCUT2D eigenvalue weighted by Gasteiger charge is -2.09. The molecule has 1 aromatic rings. The molecule has 1 aromatic carbocycles. The summed E-state index contributed by atoms with van der Waals surface area (Å²) >= 11 is 0. The van der Waals surface area contributed by atoms with E-state index in [1.165, 1.54) is 18.4 Å². The minimum absolute atomic E-state index is 0.741. The molecule has 0 aromatic heterocycles. The van der Waals surface area contributed by atoms with Crippen LogP contribution in [0.15, 0.2) is 24.3 Å². The third kappa shape index (κ3) is 6.65. The van der Waals surface area contributed by atoms with E-state index >= 15 is 0 Å². The normalized spacial score (nSPS) is 10.9. The number of rotatable bonds is 9. The maximum absolute atomic E-state index is 5.68. The molecule has 0 bridgehead atoms. The van der Waals surface area contributed by atoms with E-state index in [2.05, 4.69) is 50.4 Å². The van der Waals surface area contributed by atoms with E-state index in [0.29, 0.717) is 0 Å². The molecule has 0 saturated heterocycles. The predicted octanol–water partition coefficient (Wildman–Crippen LogP) is 3.65. The van der Waals surface area contributed by atoms with E-state index in [1.54, 1.807) is 0 Å². The van der Waals surface area contributed by atoms with Gasteiger partial charge in [0.15, 0.2) is 0 Å². The molecule has 18 heavy (non-hydrogen) atoms. The summed E-state index contributed by atoms with van der Waals surface area (Å²) in [6.07, 6.45) is 3.57. The standard InChI is InChI=1S/C16H27NO/c1-4-5-15-6-8-16(9-7-15)18-13-12-17-11-10-14(2)3/h6-9,14,17H,4-5,10-13H2,1-3H3. The first-order valence-electron chi connectivity index (χ1n) is 7.14. The molecule has 0 spiro atoms. The number of benzene rings is 1. The van der Waals surface area contributed by atoms with Crippen LogP contribution in [0.4, 0.5) is 0 Å². The summed E-state index contributed by atoms with van der Waals surface area (Å²) in [6.45, 7) is 9.43. The van der Waals surface area contributed by atoms with Gasteiger partial charge in [-0.1, -0.05) is 39.3 Å². The van der Waals surface area contributed by atoms with Crippen molar-refractivity contribution < 1.29 is 4.74 Å². The number of ether oxygens (including phenoxy) is 1. The van der Waals surface area contributed by atoms with Crippen molar-refractivity contribution in [1.29, 1.82) is 0 Å². The SMILES string of the molecule is CCCc1ccc(OCCNCCC(C)C)cc1. The Morgan fingerprint density at radius 1 is 1.11 bits per heavy atom. The van der Waals surface area contributed by atoms with Crippen LogP contribution in [-0.2, 0) is 6.42 Å². The highest BCUT2D eigenvalue weighted by Crippen LogP contribution is 2.12. The largest absolute Gasteiger partial charge is 0.492 e. The second-order valence-electron chi connectivity index (χ2n) is 5.17. The third-order valence-corrected chi connectivity index (χ3v) is 2.91. The fraction of sp³-hybridized carbons (Fsp3) is 0.625. The summed E-state index contributed by atoms with van der Waals surface area (Å²) in [5, 5.41) is 3.39. The van der Waals surface area contributed by atoms with Crippen molar-refractivity contribution in [2.24, 2.45) is 5.92 Å². The molecule has 0 unspecified atom stereocenters. The molecular weight excluding hydrogens is 222 g/mol. The van der Waals surface area contributed by atoms with Gasteiger partial charge in [-0.25, -0.2) is 0 Å². The Bertz CT molecular complexity index is 305. The van der Waals surface area contributed by atoms with Gasteiger partial charge in [-0.15, -0.1) is 0 Å². The first-order valence-corrected chi connectivity index (χ1v) is 7.14. The number of aryl methyl sites for hydroxylation is 1. The van der Waals surface area contributed by atoms with Crippen LogP contribution in [0.1, 0.15) is 39.2 Å². The molecule has 0 fully saturated rings. The van der Waals surface area contributed by atoms with E-state index in [1.807, 2.05) is 0 Å². The number of hydrogen-bond acceptors (Lipinski definition) is 2. The third-order valence-electron chi connectivity index (χ3n) is 2.91. The Hall–Kier alpha value is -1.02. The molecule has 2 heteroatoms. The van der Waals surface area contributed by atoms with Crippen molar-refractivity contribution in [2.75, 3.05) is 19.7 Å². The fourth-order valence-corrected chi connectivity index (χ4v) is 1.80. The molecule has 0 aliphatic heterocycles. The average molecular weight is 249 g/mol. The predicted molar refractivity (Wildman–Crippen MR) is 78.3 cm³/mol. The summed E-state index contributed by atoms with van der Waals surface area (Å²) in [7, 11) is 0. The molecule has 0 heterocycles. The van der Waals surface area contributed by atoms with Crippen molar-refractivity contribution in [3.8, 4) is 5.75 Å². The summed E-state index contributed by atoms with van der Waals surface area (Å²) in [4.78, 5) is 0. The Labute approximate surface area is 112 Å². The summed E-state index contributed by atoms with van der Waals surface area (Å²) in [5.41, 5.74) is 1.39. The maximum atomic E-state index is 5.68. The average Bonchev–Trinajstić information content (AvgIpc) is 2.35. The Morgan fingerprint density at radius 3 is 2.44 bits per heavy atom. The minimum Gasteiger partial charge on any atom is -0.492 e. The fourth-order valence-electron chi connectivity index (χ4n) is 1.80. The zero-order valence-corrected chi connectivity index (χ0v) is 12.0. The second-order valence-corrected chi connectivity index (χ2v) is 5.17. The molecule has 0 atom stereocenters. The molecule has 1 rings (SSSR count). The molecule has 0 radical (unpaired) electrons. The van der Waals surface area contributed by atoms with E-state index in [4.69, 9.17) is 4.74 Å². The van der Waals surface area contributed by atoms with Crippen molar-refractivity contribution in [2.45, 2.75) is 40.0 Å². The summed E-state index contributed by atoms with van der Waals surface area (Å²) in [5.74, 6) is 1.74. The highest BCUT2D eigenvalue weighted by molar-refractivity contribution is 5.27. The van der Waals surface area contributed by atoms with Gasteiger partial charge >= 0.3 is 0 Å². The van der Waals surface area contributed by atoms with Crippen molar-refractivity contribution >= 4 is 0 Å². The van der Waals surface area contributed by atoms with Gasteiger partial charge in [0.25, 0.3) is 0 Å². The molecule has 0 aliphatic carbocycles. The lowest BCUT2D eigenvalue weighted by molar-refractivity contribution is 0.312. The van der Waals surface area contributed by atoms with Gasteiger partial charge in [-0.3, -0.25) is 0 Å². The van der Waals surface area contributed by atoms with Crippen molar-refractivity contribution in [3.63, 3.8) is 0 Å². The van der Waals surface area contributed by atoms with Gasteiger partial charge < -0.3 is 10.1 Å². The molecule has 0 amide bonds. The first-order chi connectivity index (χ1) is 8.72. The quantitative estimate of drug-likeness (QED) is 0.674. The van der Waals surface area contributed by atoms with Crippen LogP contribution in [-0.4, -0.2) is 19.7 Å². The molecule has 102 valence electrons. The van der Waals surface area contributed by atoms with Gasteiger partial charge in [-0.2, -0.15) is 0 Å². The van der Waals surface area contributed by atoms with E-state index in [0.717, 1.165) is 37.8 Å². The van der Waals surface area contributed by atoms with Crippen molar-refractivity contribution in [3.05, 3.63) is 29.8 Å². The molecular formula is C16H27NO. The molecule has 0 aliphatic rings. The van der Waals surface area contributed by atoms with Crippen LogP contribution >= 0.6 is 0 Å². The lowest BCUT2D eigenvalue weighted by Crippen LogP contribution is -2.23. The zero-order chi connectivity index (χ0) is 13.2. The molecule has 2 nitrogen and oxygen atoms in total. The van der Waals surface area contributed by atoms with Crippen LogP contribution < -0.4 is 10.1 Å². The van der Waals surface area contributed by atoms with Gasteiger partial charge in [0.05, 0.1) is 0 Å². The Morgan fingerprint density at radius 2 is 1.83 bits per heavy atom. The number of nitrogens with one attached hydrogen (secondary N) is 1. The van der Waals surface area contributed by atoms with Crippen LogP contribution in [0, 0.1) is 5.92 Å². The van der Waals surface area contributed by atoms with Gasteiger partial charge in [-0.05, 0) is 43.0 Å². The molecule has 1 N–H and O–H groups in total. The van der Waals surface area contributed by atoms with Gasteiger partial charge in [0.2, 0.25) is 0 Å². The summed E-state index contributed by atoms with van der Waals surface area (Å²) in [6, 6.07) is 8.45. The van der Waals surface area contributed by atoms with E-state index < -0.39 is 0 Å². The lowest BCUT2D eigenvalue weighted by atomic mass is 10.1. The van der Waals surface area contributed by atoms with E-state index in [9.17, 15) is 0 Å². The van der Waals surface area contributed by atoms with Crippen LogP contribution in [0.3, 0.4) is 0 Å². The summed E-state index contributed by atoms with van der Waals surface area (Å²) < 4.78 is 5.68. The van der Waals surface area contributed by atoms with Crippen LogP contribution in [0.25, 0.3) is 0 Å². The van der Waals surface area contributed by atoms with Gasteiger partial charge in [0.1, 0.15) is 12.4 Å². The Kier molecular flexibility index (Phi) is 7.51. The Balaban J connectivity index is 2.11. The second kappa shape index (κ2) is 8.98. The van der Waals surface area contributed by atoms with Crippen LogP contribution in [0.2, 0.25) is 0 Å². The maximum Gasteiger partial charge on any atom is 0.119 e. The first kappa shape index (κ1) is 15.0. The monoisotopic (exact) mass is 249 g/mol. The van der Waals surface area contributed by atoms with E-state index in [-0.39, 0.29) is 0 Å². The highest BCUT2D eigenvalue weighted by Gasteiger charge is 1.96. The minimum atomic E-state index is 0.741. The highest BCUT2D eigenvalue weighted by atomic mass is 16.5. The zero-order valence-electron chi connectivity index (χ0n) is 12.0. The topological polar surface area (TPSA) is 21.3 Å². The number of hydrogen-bond donors (Lipinski definition) is 1. The van der Waals surface area contributed by atoms with Crippen LogP contribution in [0.5, 0.6) is 5.75 Å². The van der Waals surface area contributed by atoms with Crippen molar-refractivity contribution in [1.82, 2.24) is 5.32 Å².